The van der Waals surface area contributed by atoms with Gasteiger partial charge in [-0.15, -0.1) is 5.10 Å². The fourth-order valence-corrected chi connectivity index (χ4v) is 1.69. The zero-order chi connectivity index (χ0) is 13.1. The van der Waals surface area contributed by atoms with E-state index in [-0.39, 0.29) is 11.4 Å². The van der Waals surface area contributed by atoms with Gasteiger partial charge in [-0.3, -0.25) is 0 Å². The quantitative estimate of drug-likeness (QED) is 0.922. The summed E-state index contributed by atoms with van der Waals surface area (Å²) in [6.45, 7) is 0. The first-order chi connectivity index (χ1) is 8.63. The van der Waals surface area contributed by atoms with E-state index in [1.807, 2.05) is 0 Å². The third kappa shape index (κ3) is 2.26. The highest BCUT2D eigenvalue weighted by molar-refractivity contribution is 6.30. The minimum Gasteiger partial charge on any atom is -0.479 e. The third-order valence-corrected chi connectivity index (χ3v) is 2.63. The number of hydrogen-bond donors (Lipinski definition) is 1. The van der Waals surface area contributed by atoms with Gasteiger partial charge in [0.2, 0.25) is 5.88 Å². The van der Waals surface area contributed by atoms with Crippen LogP contribution >= 0.6 is 11.6 Å². The van der Waals surface area contributed by atoms with Crippen LogP contribution < -0.4 is 4.74 Å². The number of carboxylic acids is 1. The van der Waals surface area contributed by atoms with Crippen LogP contribution in [-0.4, -0.2) is 28.4 Å². The normalized spacial score (nSPS) is 10.1. The largest absolute Gasteiger partial charge is 0.479 e. The Morgan fingerprint density at radius 3 is 2.56 bits per heavy atom. The average molecular weight is 265 g/mol. The second-order valence-corrected chi connectivity index (χ2v) is 3.89. The predicted molar refractivity (Wildman–Crippen MR) is 66.0 cm³/mol. The van der Waals surface area contributed by atoms with Gasteiger partial charge in [0.1, 0.15) is 5.56 Å². The maximum absolute atomic E-state index is 11.3. The number of nitrogens with zero attached hydrogens (tertiary/aromatic N) is 2. The number of rotatable bonds is 3. The van der Waals surface area contributed by atoms with Crippen molar-refractivity contribution in [2.24, 2.45) is 0 Å². The van der Waals surface area contributed by atoms with Crippen molar-refractivity contribution >= 4 is 17.6 Å². The van der Waals surface area contributed by atoms with Crippen molar-refractivity contribution in [3.63, 3.8) is 0 Å². The second kappa shape index (κ2) is 5.01. The number of hydrogen-bond acceptors (Lipinski definition) is 4. The first kappa shape index (κ1) is 12.3. The van der Waals surface area contributed by atoms with Crippen LogP contribution in [0.25, 0.3) is 11.1 Å². The molecule has 0 aliphatic rings. The number of halogens is 1. The van der Waals surface area contributed by atoms with Gasteiger partial charge < -0.3 is 9.84 Å². The van der Waals surface area contributed by atoms with Crippen molar-refractivity contribution in [1.29, 1.82) is 0 Å². The van der Waals surface area contributed by atoms with E-state index in [0.29, 0.717) is 16.1 Å². The van der Waals surface area contributed by atoms with Crippen molar-refractivity contribution in [3.05, 3.63) is 41.0 Å². The van der Waals surface area contributed by atoms with Gasteiger partial charge in [-0.25, -0.2) is 4.79 Å². The molecule has 2 aromatic rings. The highest BCUT2D eigenvalue weighted by Crippen LogP contribution is 2.28. The Hall–Kier alpha value is -2.14. The predicted octanol–water partition coefficient (Wildman–Crippen LogP) is 2.50. The summed E-state index contributed by atoms with van der Waals surface area (Å²) in [6, 6.07) is 6.78. The number of carbonyl (C=O) groups is 1. The SMILES string of the molecule is COc1nncc(-c2ccc(Cl)cc2)c1C(=O)O. The summed E-state index contributed by atoms with van der Waals surface area (Å²) < 4.78 is 4.91. The number of aromatic nitrogens is 2. The molecule has 0 radical (unpaired) electrons. The third-order valence-electron chi connectivity index (χ3n) is 2.38. The first-order valence-corrected chi connectivity index (χ1v) is 5.40. The van der Waals surface area contributed by atoms with E-state index in [0.717, 1.165) is 0 Å². The monoisotopic (exact) mass is 264 g/mol. The lowest BCUT2D eigenvalue weighted by Gasteiger charge is -2.08. The minimum absolute atomic E-state index is 0.0186. The summed E-state index contributed by atoms with van der Waals surface area (Å²) in [5.41, 5.74) is 1.10. The van der Waals surface area contributed by atoms with Crippen LogP contribution in [0.1, 0.15) is 10.4 Å². The summed E-state index contributed by atoms with van der Waals surface area (Å²) in [5, 5.41) is 17.2. The molecular weight excluding hydrogens is 256 g/mol. The van der Waals surface area contributed by atoms with Crippen molar-refractivity contribution < 1.29 is 14.6 Å². The number of benzene rings is 1. The average Bonchev–Trinajstić information content (AvgIpc) is 2.38. The Morgan fingerprint density at radius 2 is 2.00 bits per heavy atom. The van der Waals surface area contributed by atoms with Crippen LogP contribution in [0.2, 0.25) is 5.02 Å². The summed E-state index contributed by atoms with van der Waals surface area (Å²) >= 11 is 5.79. The Labute approximate surface area is 108 Å². The van der Waals surface area contributed by atoms with E-state index in [4.69, 9.17) is 16.3 Å². The van der Waals surface area contributed by atoms with Crippen molar-refractivity contribution in [1.82, 2.24) is 10.2 Å². The highest BCUT2D eigenvalue weighted by atomic mass is 35.5. The molecule has 0 saturated carbocycles. The standard InChI is InChI=1S/C12H9ClN2O3/c1-18-11-10(12(16)17)9(6-14-15-11)7-2-4-8(13)5-3-7/h2-6H,1H3,(H,16,17). The van der Waals surface area contributed by atoms with E-state index < -0.39 is 5.97 Å². The Kier molecular flexibility index (Phi) is 3.43. The molecule has 0 unspecified atom stereocenters. The van der Waals surface area contributed by atoms with Crippen LogP contribution in [0.15, 0.2) is 30.5 Å². The molecular formula is C12H9ClN2O3. The molecule has 0 bridgehead atoms. The van der Waals surface area contributed by atoms with Gasteiger partial charge in [-0.05, 0) is 17.7 Å². The van der Waals surface area contributed by atoms with Gasteiger partial charge in [0, 0.05) is 10.6 Å². The van der Waals surface area contributed by atoms with Gasteiger partial charge in [0.05, 0.1) is 13.3 Å². The molecule has 2 rings (SSSR count). The number of ether oxygens (including phenoxy) is 1. The molecule has 0 spiro atoms. The number of methoxy groups -OCH3 is 1. The molecule has 0 aliphatic heterocycles. The maximum Gasteiger partial charge on any atom is 0.341 e. The van der Waals surface area contributed by atoms with Crippen LogP contribution in [0.3, 0.4) is 0 Å². The highest BCUT2D eigenvalue weighted by Gasteiger charge is 2.19. The van der Waals surface area contributed by atoms with E-state index in [1.165, 1.54) is 13.3 Å². The van der Waals surface area contributed by atoms with Gasteiger partial charge in [0.15, 0.2) is 0 Å². The molecule has 1 N–H and O–H groups in total. The molecule has 0 aliphatic carbocycles. The Bertz CT molecular complexity index is 584. The summed E-state index contributed by atoms with van der Waals surface area (Å²) in [6.07, 6.45) is 1.38. The van der Waals surface area contributed by atoms with E-state index >= 15 is 0 Å². The zero-order valence-electron chi connectivity index (χ0n) is 9.42. The molecule has 92 valence electrons. The van der Waals surface area contributed by atoms with Gasteiger partial charge >= 0.3 is 5.97 Å². The molecule has 1 aromatic carbocycles. The van der Waals surface area contributed by atoms with E-state index in [1.54, 1.807) is 24.3 Å². The first-order valence-electron chi connectivity index (χ1n) is 5.02. The van der Waals surface area contributed by atoms with Gasteiger partial charge in [-0.1, -0.05) is 23.7 Å². The molecule has 6 heteroatoms. The van der Waals surface area contributed by atoms with E-state index in [2.05, 4.69) is 10.2 Å². The summed E-state index contributed by atoms with van der Waals surface area (Å²) in [5.74, 6) is -1.14. The molecule has 5 nitrogen and oxygen atoms in total. The van der Waals surface area contributed by atoms with E-state index in [9.17, 15) is 9.90 Å². The molecule has 1 aromatic heterocycles. The summed E-state index contributed by atoms with van der Waals surface area (Å²) in [4.78, 5) is 11.3. The lowest BCUT2D eigenvalue weighted by Crippen LogP contribution is -2.06. The Morgan fingerprint density at radius 1 is 1.33 bits per heavy atom. The Balaban J connectivity index is 2.63. The molecule has 0 amide bonds. The molecule has 0 atom stereocenters. The zero-order valence-corrected chi connectivity index (χ0v) is 10.2. The van der Waals surface area contributed by atoms with Gasteiger partial charge in [0.25, 0.3) is 0 Å². The lowest BCUT2D eigenvalue weighted by atomic mass is 10.0. The molecule has 1 heterocycles. The minimum atomic E-state index is -1.12. The molecule has 0 fully saturated rings. The van der Waals surface area contributed by atoms with Crippen molar-refractivity contribution in [3.8, 4) is 17.0 Å². The van der Waals surface area contributed by atoms with Crippen LogP contribution in [0.4, 0.5) is 0 Å². The second-order valence-electron chi connectivity index (χ2n) is 3.45. The van der Waals surface area contributed by atoms with Crippen LogP contribution in [0, 0.1) is 0 Å². The van der Waals surface area contributed by atoms with Crippen molar-refractivity contribution in [2.45, 2.75) is 0 Å². The fourth-order valence-electron chi connectivity index (χ4n) is 1.57. The van der Waals surface area contributed by atoms with Crippen molar-refractivity contribution in [2.75, 3.05) is 7.11 Å². The van der Waals surface area contributed by atoms with Crippen LogP contribution in [-0.2, 0) is 0 Å². The van der Waals surface area contributed by atoms with Crippen LogP contribution in [0.5, 0.6) is 5.88 Å². The van der Waals surface area contributed by atoms with Gasteiger partial charge in [-0.2, -0.15) is 5.10 Å². The molecule has 18 heavy (non-hydrogen) atoms. The number of carboxylic acid groups (broad SMARTS) is 1. The number of aromatic carboxylic acids is 1. The molecule has 0 saturated heterocycles. The smallest absolute Gasteiger partial charge is 0.341 e. The lowest BCUT2D eigenvalue weighted by molar-refractivity contribution is 0.0693. The maximum atomic E-state index is 11.3. The summed E-state index contributed by atoms with van der Waals surface area (Å²) in [7, 11) is 1.35. The fraction of sp³-hybridized carbons (Fsp3) is 0.0833. The topological polar surface area (TPSA) is 72.3 Å².